The van der Waals surface area contributed by atoms with Crippen LogP contribution in [-0.4, -0.2) is 29.7 Å². The molecule has 1 N–H and O–H groups in total. The van der Waals surface area contributed by atoms with Crippen LogP contribution in [0.15, 0.2) is 0 Å². The van der Waals surface area contributed by atoms with E-state index in [1.165, 1.54) is 0 Å². The highest BCUT2D eigenvalue weighted by atomic mass is 31.1. The van der Waals surface area contributed by atoms with Crippen LogP contribution in [-0.2, 0) is 4.79 Å². The van der Waals surface area contributed by atoms with Gasteiger partial charge in [-0.25, -0.2) is 4.79 Å². The van der Waals surface area contributed by atoms with Crippen LogP contribution in [0.3, 0.4) is 0 Å². The molecule has 0 saturated heterocycles. The third kappa shape index (κ3) is 2.08. The van der Waals surface area contributed by atoms with Crippen LogP contribution in [0.25, 0.3) is 0 Å². The van der Waals surface area contributed by atoms with Gasteiger partial charge < -0.3 is 5.11 Å². The fourth-order valence-electron chi connectivity index (χ4n) is 0.189. The molecule has 0 aliphatic heterocycles. The standard InChI is InChI=1S/C5H9O2P/c1-4(5(6)7)8(2)3/h4H,2H2,1,3H3/p+1. The lowest BCUT2D eigenvalue weighted by atomic mass is 10.5. The predicted octanol–water partition coefficient (Wildman–Crippen LogP) is 1.00. The molecule has 0 bridgehead atoms. The third-order valence-corrected chi connectivity index (χ3v) is 2.56. The Bertz CT molecular complexity index is 106. The number of hydrogen-bond donors (Lipinski definition) is 1. The molecule has 0 heterocycles. The average molecular weight is 133 g/mol. The molecule has 2 atom stereocenters. The maximum Gasteiger partial charge on any atom is 0.351 e. The van der Waals surface area contributed by atoms with Gasteiger partial charge in [-0.1, -0.05) is 0 Å². The summed E-state index contributed by atoms with van der Waals surface area (Å²) in [6.07, 6.45) is 3.64. The van der Waals surface area contributed by atoms with E-state index in [9.17, 15) is 4.79 Å². The Labute approximate surface area is 49.9 Å². The molecule has 0 aromatic heterocycles. The summed E-state index contributed by atoms with van der Waals surface area (Å²) >= 11 is 0. The summed E-state index contributed by atoms with van der Waals surface area (Å²) in [5, 5.41) is 8.33. The molecule has 0 aliphatic carbocycles. The first-order chi connectivity index (χ1) is 3.55. The van der Waals surface area contributed by atoms with Crippen LogP contribution in [0.1, 0.15) is 6.92 Å². The lowest BCUT2D eigenvalue weighted by Gasteiger charge is -1.91. The molecule has 0 aromatic carbocycles. The largest absolute Gasteiger partial charge is 0.478 e. The zero-order chi connectivity index (χ0) is 6.73. The minimum Gasteiger partial charge on any atom is -0.478 e. The van der Waals surface area contributed by atoms with Crippen LogP contribution >= 0.6 is 7.55 Å². The molecule has 8 heavy (non-hydrogen) atoms. The van der Waals surface area contributed by atoms with Crippen molar-refractivity contribution in [2.75, 3.05) is 6.66 Å². The van der Waals surface area contributed by atoms with Crippen LogP contribution < -0.4 is 0 Å². The van der Waals surface area contributed by atoms with E-state index in [1.54, 1.807) is 6.92 Å². The van der Waals surface area contributed by atoms with Crippen LogP contribution in [0.5, 0.6) is 0 Å². The highest BCUT2D eigenvalue weighted by Crippen LogP contribution is 2.20. The van der Waals surface area contributed by atoms with E-state index in [2.05, 4.69) is 6.30 Å². The number of hydrogen-bond acceptors (Lipinski definition) is 1. The maximum atomic E-state index is 10.1. The molecule has 0 fully saturated rings. The lowest BCUT2D eigenvalue weighted by Crippen LogP contribution is -2.10. The zero-order valence-corrected chi connectivity index (χ0v) is 5.98. The van der Waals surface area contributed by atoms with Crippen molar-refractivity contribution in [3.8, 4) is 0 Å². The summed E-state index contributed by atoms with van der Waals surface area (Å²) in [6, 6.07) is 0. The molecule has 0 aliphatic rings. The monoisotopic (exact) mass is 133 g/mol. The Morgan fingerprint density at radius 3 is 2.25 bits per heavy atom. The number of aliphatic carboxylic acids is 1. The second kappa shape index (κ2) is 2.83. The molecule has 0 rings (SSSR count). The van der Waals surface area contributed by atoms with Crippen molar-refractivity contribution in [2.45, 2.75) is 12.6 Å². The number of rotatable bonds is 2. The van der Waals surface area contributed by atoms with Gasteiger partial charge in [0.15, 0.2) is 0 Å². The Balaban J connectivity index is 3.83. The van der Waals surface area contributed by atoms with Gasteiger partial charge >= 0.3 is 5.97 Å². The first-order valence-corrected chi connectivity index (χ1v) is 4.36. The first kappa shape index (κ1) is 7.64. The van der Waals surface area contributed by atoms with E-state index in [1.807, 2.05) is 6.66 Å². The van der Waals surface area contributed by atoms with Gasteiger partial charge in [0.2, 0.25) is 5.66 Å². The van der Waals surface area contributed by atoms with E-state index in [4.69, 9.17) is 5.11 Å². The average Bonchev–Trinajstić information content (AvgIpc) is 1.64. The van der Waals surface area contributed by atoms with E-state index in [-0.39, 0.29) is 5.66 Å². The van der Waals surface area contributed by atoms with E-state index >= 15 is 0 Å². The summed E-state index contributed by atoms with van der Waals surface area (Å²) in [4.78, 5) is 10.1. The second-order valence-corrected chi connectivity index (χ2v) is 4.06. The number of carboxylic acid groups (broad SMARTS) is 1. The van der Waals surface area contributed by atoms with Crippen molar-refractivity contribution < 1.29 is 9.90 Å². The number of carbonyl (C=O) groups is 1. The quantitative estimate of drug-likeness (QED) is 0.570. The van der Waals surface area contributed by atoms with Gasteiger partial charge in [-0.3, -0.25) is 0 Å². The van der Waals surface area contributed by atoms with Gasteiger partial charge in [-0.05, 0) is 6.92 Å². The molecule has 0 aromatic rings. The van der Waals surface area contributed by atoms with E-state index < -0.39 is 13.5 Å². The van der Waals surface area contributed by atoms with Gasteiger partial charge in [-0.2, -0.15) is 0 Å². The summed E-state index contributed by atoms with van der Waals surface area (Å²) in [7, 11) is -0.551. The first-order valence-electron chi connectivity index (χ1n) is 2.32. The SMILES string of the molecule is C=[P+](C)C(C)C(=O)O. The molecule has 0 saturated carbocycles. The Kier molecular flexibility index (Phi) is 2.70. The van der Waals surface area contributed by atoms with Gasteiger partial charge in [0, 0.05) is 0 Å². The van der Waals surface area contributed by atoms with Crippen molar-refractivity contribution in [2.24, 2.45) is 0 Å². The summed E-state index contributed by atoms with van der Waals surface area (Å²) < 4.78 is 0. The highest BCUT2D eigenvalue weighted by Gasteiger charge is 2.19. The van der Waals surface area contributed by atoms with E-state index in [0.29, 0.717) is 0 Å². The van der Waals surface area contributed by atoms with Crippen LogP contribution in [0.2, 0.25) is 0 Å². The van der Waals surface area contributed by atoms with Crippen molar-refractivity contribution in [1.82, 2.24) is 0 Å². The van der Waals surface area contributed by atoms with E-state index in [0.717, 1.165) is 0 Å². The molecule has 0 amide bonds. The van der Waals surface area contributed by atoms with Gasteiger partial charge in [-0.15, -0.1) is 0 Å². The molecular formula is C5H10O2P+. The van der Waals surface area contributed by atoms with Crippen molar-refractivity contribution in [1.29, 1.82) is 0 Å². The summed E-state index contributed by atoms with van der Waals surface area (Å²) in [5.74, 6) is -0.742. The summed E-state index contributed by atoms with van der Waals surface area (Å²) in [6.45, 7) is 3.54. The van der Waals surface area contributed by atoms with Gasteiger partial charge in [0.05, 0.1) is 20.5 Å². The smallest absolute Gasteiger partial charge is 0.351 e. The molecule has 2 unspecified atom stereocenters. The molecule has 0 radical (unpaired) electrons. The van der Waals surface area contributed by atoms with Crippen molar-refractivity contribution in [3.63, 3.8) is 0 Å². The fraction of sp³-hybridized carbons (Fsp3) is 0.600. The Hall–Kier alpha value is -0.360. The summed E-state index contributed by atoms with van der Waals surface area (Å²) in [5.41, 5.74) is -0.259. The maximum absolute atomic E-state index is 10.1. The molecular weight excluding hydrogens is 123 g/mol. The lowest BCUT2D eigenvalue weighted by molar-refractivity contribution is -0.136. The van der Waals surface area contributed by atoms with Gasteiger partial charge in [0.25, 0.3) is 0 Å². The zero-order valence-electron chi connectivity index (χ0n) is 5.09. The van der Waals surface area contributed by atoms with Crippen molar-refractivity contribution in [3.05, 3.63) is 0 Å². The number of carboxylic acids is 1. The van der Waals surface area contributed by atoms with Crippen LogP contribution in [0, 0.1) is 0 Å². The molecule has 3 heteroatoms. The molecule has 2 nitrogen and oxygen atoms in total. The Morgan fingerprint density at radius 1 is 1.88 bits per heavy atom. The second-order valence-electron chi connectivity index (χ2n) is 1.77. The third-order valence-electron chi connectivity index (χ3n) is 1.02. The van der Waals surface area contributed by atoms with Crippen LogP contribution in [0.4, 0.5) is 0 Å². The highest BCUT2D eigenvalue weighted by molar-refractivity contribution is 7.56. The van der Waals surface area contributed by atoms with Crippen molar-refractivity contribution >= 4 is 19.8 Å². The predicted molar refractivity (Wildman–Crippen MR) is 37.1 cm³/mol. The normalized spacial score (nSPS) is 15.0. The van der Waals surface area contributed by atoms with Gasteiger partial charge in [0.1, 0.15) is 0 Å². The topological polar surface area (TPSA) is 37.3 Å². The minimum absolute atomic E-state index is 0.259. The minimum atomic E-state index is -0.742. The fourth-order valence-corrected chi connectivity index (χ4v) is 0.566. The Morgan fingerprint density at radius 2 is 2.25 bits per heavy atom. The molecule has 46 valence electrons. The molecule has 0 spiro atoms.